The lowest BCUT2D eigenvalue weighted by Gasteiger charge is -2.31. The van der Waals surface area contributed by atoms with Crippen LogP contribution in [0, 0.1) is 0 Å². The van der Waals surface area contributed by atoms with Crippen LogP contribution in [-0.4, -0.2) is 29.6 Å². The molecule has 4 nitrogen and oxygen atoms in total. The van der Waals surface area contributed by atoms with Gasteiger partial charge < -0.3 is 9.47 Å². The van der Waals surface area contributed by atoms with Crippen molar-refractivity contribution in [1.82, 2.24) is 0 Å². The van der Waals surface area contributed by atoms with E-state index in [1.165, 1.54) is 6.92 Å². The van der Waals surface area contributed by atoms with Gasteiger partial charge in [-0.3, -0.25) is 4.79 Å². The maximum Gasteiger partial charge on any atom is 0.346 e. The van der Waals surface area contributed by atoms with E-state index in [0.717, 1.165) is 0 Å². The minimum Gasteiger partial charge on any atom is -0.460 e. The minimum atomic E-state index is -1.44. The maximum atomic E-state index is 12.1. The highest BCUT2D eigenvalue weighted by Crippen LogP contribution is 2.24. The Morgan fingerprint density at radius 3 is 1.94 bits per heavy atom. The first-order valence-electron chi connectivity index (χ1n) is 6.16. The standard InChI is InChI=1S/C13H24O4/c1-7-8-13(11(6)14,17-10(4)5)12(15)16-9(2)3/h9-10H,7-8H2,1-6H3. The molecule has 0 aromatic carbocycles. The Kier molecular flexibility index (Phi) is 6.39. The molecule has 0 saturated heterocycles. The van der Waals surface area contributed by atoms with Gasteiger partial charge in [-0.15, -0.1) is 0 Å². The molecular weight excluding hydrogens is 220 g/mol. The van der Waals surface area contributed by atoms with Crippen LogP contribution in [0.4, 0.5) is 0 Å². The van der Waals surface area contributed by atoms with Crippen molar-refractivity contribution in [2.75, 3.05) is 0 Å². The lowest BCUT2D eigenvalue weighted by atomic mass is 9.93. The Morgan fingerprint density at radius 2 is 1.65 bits per heavy atom. The Labute approximate surface area is 104 Å². The number of carbonyl (C=O) groups is 2. The molecule has 0 aliphatic heterocycles. The molecule has 0 aliphatic rings. The van der Waals surface area contributed by atoms with E-state index in [4.69, 9.17) is 9.47 Å². The topological polar surface area (TPSA) is 52.6 Å². The van der Waals surface area contributed by atoms with E-state index in [-0.39, 0.29) is 18.0 Å². The zero-order valence-electron chi connectivity index (χ0n) is 11.7. The first-order valence-corrected chi connectivity index (χ1v) is 6.16. The van der Waals surface area contributed by atoms with E-state index in [1.807, 2.05) is 6.92 Å². The SMILES string of the molecule is CCCC(OC(C)C)(C(C)=O)C(=O)OC(C)C. The van der Waals surface area contributed by atoms with Crippen molar-refractivity contribution < 1.29 is 19.1 Å². The summed E-state index contributed by atoms with van der Waals surface area (Å²) in [5.74, 6) is -0.866. The molecule has 0 bridgehead atoms. The molecule has 100 valence electrons. The molecule has 0 aromatic rings. The van der Waals surface area contributed by atoms with Gasteiger partial charge in [0.25, 0.3) is 0 Å². The zero-order valence-corrected chi connectivity index (χ0v) is 11.7. The first-order chi connectivity index (χ1) is 7.76. The quantitative estimate of drug-likeness (QED) is 0.510. The summed E-state index contributed by atoms with van der Waals surface area (Å²) in [7, 11) is 0. The molecule has 0 saturated carbocycles. The van der Waals surface area contributed by atoms with E-state index in [0.29, 0.717) is 12.8 Å². The van der Waals surface area contributed by atoms with E-state index in [2.05, 4.69) is 0 Å². The molecule has 0 rings (SSSR count). The molecule has 4 heteroatoms. The third kappa shape index (κ3) is 4.46. The van der Waals surface area contributed by atoms with Crippen molar-refractivity contribution in [3.05, 3.63) is 0 Å². The Morgan fingerprint density at radius 1 is 1.12 bits per heavy atom. The number of rotatable bonds is 7. The van der Waals surface area contributed by atoms with Crippen LogP contribution >= 0.6 is 0 Å². The molecule has 0 fully saturated rings. The second-order valence-electron chi connectivity index (χ2n) is 4.75. The average molecular weight is 244 g/mol. The van der Waals surface area contributed by atoms with Crippen LogP contribution in [0.3, 0.4) is 0 Å². The van der Waals surface area contributed by atoms with Crippen LogP contribution in [-0.2, 0) is 19.1 Å². The number of carbonyl (C=O) groups excluding carboxylic acids is 2. The van der Waals surface area contributed by atoms with Crippen molar-refractivity contribution in [3.63, 3.8) is 0 Å². The highest BCUT2D eigenvalue weighted by molar-refractivity contribution is 6.06. The molecule has 0 radical (unpaired) electrons. The predicted molar refractivity (Wildman–Crippen MR) is 65.8 cm³/mol. The van der Waals surface area contributed by atoms with Gasteiger partial charge in [0, 0.05) is 0 Å². The van der Waals surface area contributed by atoms with Gasteiger partial charge in [-0.05, 0) is 41.0 Å². The fourth-order valence-corrected chi connectivity index (χ4v) is 1.68. The monoisotopic (exact) mass is 244 g/mol. The molecule has 0 amide bonds. The third-order valence-electron chi connectivity index (χ3n) is 2.28. The van der Waals surface area contributed by atoms with Crippen molar-refractivity contribution in [3.8, 4) is 0 Å². The number of ketones is 1. The molecule has 0 aliphatic carbocycles. The number of Topliss-reactive ketones (excluding diaryl/α,β-unsaturated/α-hetero) is 1. The zero-order chi connectivity index (χ0) is 13.6. The number of hydrogen-bond acceptors (Lipinski definition) is 4. The number of esters is 1. The molecular formula is C13H24O4. The second kappa shape index (κ2) is 6.74. The van der Waals surface area contributed by atoms with Crippen LogP contribution in [0.2, 0.25) is 0 Å². The summed E-state index contributed by atoms with van der Waals surface area (Å²) in [5.41, 5.74) is -1.44. The lowest BCUT2D eigenvalue weighted by molar-refractivity contribution is -0.186. The molecule has 0 N–H and O–H groups in total. The highest BCUT2D eigenvalue weighted by atomic mass is 16.6. The summed E-state index contributed by atoms with van der Waals surface area (Å²) >= 11 is 0. The second-order valence-corrected chi connectivity index (χ2v) is 4.75. The van der Waals surface area contributed by atoms with Crippen LogP contribution in [0.1, 0.15) is 54.4 Å². The smallest absolute Gasteiger partial charge is 0.346 e. The average Bonchev–Trinajstić information content (AvgIpc) is 2.14. The summed E-state index contributed by atoms with van der Waals surface area (Å²) < 4.78 is 10.7. The van der Waals surface area contributed by atoms with Crippen molar-refractivity contribution in [1.29, 1.82) is 0 Å². The summed E-state index contributed by atoms with van der Waals surface area (Å²) in [5, 5.41) is 0. The van der Waals surface area contributed by atoms with Crippen LogP contribution in [0.15, 0.2) is 0 Å². The lowest BCUT2D eigenvalue weighted by Crippen LogP contribution is -2.51. The summed E-state index contributed by atoms with van der Waals surface area (Å²) in [6, 6.07) is 0. The summed E-state index contributed by atoms with van der Waals surface area (Å²) in [4.78, 5) is 23.9. The van der Waals surface area contributed by atoms with Gasteiger partial charge in [-0.25, -0.2) is 4.79 Å². The van der Waals surface area contributed by atoms with Crippen LogP contribution in [0.5, 0.6) is 0 Å². The normalized spacial score (nSPS) is 14.8. The molecule has 0 aromatic heterocycles. The minimum absolute atomic E-state index is 0.204. The predicted octanol–water partition coefficient (Wildman–Crippen LogP) is 2.49. The van der Waals surface area contributed by atoms with Crippen LogP contribution < -0.4 is 0 Å². The number of hydrogen-bond donors (Lipinski definition) is 0. The van der Waals surface area contributed by atoms with Gasteiger partial charge in [0.1, 0.15) is 0 Å². The largest absolute Gasteiger partial charge is 0.460 e. The molecule has 1 atom stereocenters. The van der Waals surface area contributed by atoms with Gasteiger partial charge in [0.2, 0.25) is 5.60 Å². The fraction of sp³-hybridized carbons (Fsp3) is 0.846. The Bertz CT molecular complexity index is 271. The Balaban J connectivity index is 5.15. The maximum absolute atomic E-state index is 12.1. The molecule has 0 spiro atoms. The van der Waals surface area contributed by atoms with Gasteiger partial charge >= 0.3 is 5.97 Å². The van der Waals surface area contributed by atoms with Crippen molar-refractivity contribution in [2.45, 2.75) is 72.2 Å². The van der Waals surface area contributed by atoms with Gasteiger partial charge in [-0.1, -0.05) is 13.3 Å². The third-order valence-corrected chi connectivity index (χ3v) is 2.28. The highest BCUT2D eigenvalue weighted by Gasteiger charge is 2.46. The van der Waals surface area contributed by atoms with Gasteiger partial charge in [0.05, 0.1) is 12.2 Å². The Hall–Kier alpha value is -0.900. The molecule has 17 heavy (non-hydrogen) atoms. The molecule has 0 heterocycles. The van der Waals surface area contributed by atoms with Crippen molar-refractivity contribution in [2.24, 2.45) is 0 Å². The fourth-order valence-electron chi connectivity index (χ4n) is 1.68. The van der Waals surface area contributed by atoms with E-state index < -0.39 is 11.6 Å². The summed E-state index contributed by atoms with van der Waals surface area (Å²) in [6.45, 7) is 10.4. The summed E-state index contributed by atoms with van der Waals surface area (Å²) in [6.07, 6.45) is 0.574. The van der Waals surface area contributed by atoms with Crippen LogP contribution in [0.25, 0.3) is 0 Å². The van der Waals surface area contributed by atoms with Gasteiger partial charge in [-0.2, -0.15) is 0 Å². The first kappa shape index (κ1) is 16.1. The van der Waals surface area contributed by atoms with Gasteiger partial charge in [0.15, 0.2) is 5.78 Å². The van der Waals surface area contributed by atoms with E-state index >= 15 is 0 Å². The number of ether oxygens (including phenoxy) is 2. The van der Waals surface area contributed by atoms with E-state index in [9.17, 15) is 9.59 Å². The van der Waals surface area contributed by atoms with E-state index in [1.54, 1.807) is 27.7 Å². The molecule has 1 unspecified atom stereocenters. The van der Waals surface area contributed by atoms with Crippen molar-refractivity contribution >= 4 is 11.8 Å².